The van der Waals surface area contributed by atoms with Crippen LogP contribution in [0.4, 0.5) is 0 Å². The number of amides is 2. The van der Waals surface area contributed by atoms with Gasteiger partial charge in [0.05, 0.1) is 0 Å². The summed E-state index contributed by atoms with van der Waals surface area (Å²) in [5.41, 5.74) is 5.85. The number of rotatable bonds is 3. The molecule has 0 aromatic carbocycles. The first-order valence-corrected chi connectivity index (χ1v) is 6.98. The molecule has 2 amide bonds. The molecule has 0 spiro atoms. The molecule has 2 atom stereocenters. The Hall–Kier alpha value is -0.900. The van der Waals surface area contributed by atoms with Crippen LogP contribution in [-0.4, -0.2) is 29.3 Å². The Morgan fingerprint density at radius 3 is 2.33 bits per heavy atom. The van der Waals surface area contributed by atoms with Gasteiger partial charge in [-0.15, -0.1) is 0 Å². The van der Waals surface area contributed by atoms with E-state index in [4.69, 9.17) is 5.73 Å². The third-order valence-corrected chi connectivity index (χ3v) is 4.30. The van der Waals surface area contributed by atoms with Gasteiger partial charge in [0.1, 0.15) is 0 Å². The molecule has 1 saturated heterocycles. The summed E-state index contributed by atoms with van der Waals surface area (Å²) in [6.07, 6.45) is 5.24. The fourth-order valence-corrected chi connectivity index (χ4v) is 3.18. The molecule has 0 bridgehead atoms. The van der Waals surface area contributed by atoms with E-state index in [-0.39, 0.29) is 23.3 Å². The zero-order chi connectivity index (χ0) is 13.3. The monoisotopic (exact) mass is 252 g/mol. The third-order valence-electron chi connectivity index (χ3n) is 4.30. The minimum Gasteiger partial charge on any atom is -0.327 e. The predicted molar refractivity (Wildman–Crippen MR) is 69.7 cm³/mol. The van der Waals surface area contributed by atoms with Gasteiger partial charge in [0.15, 0.2) is 0 Å². The highest BCUT2D eigenvalue weighted by Gasteiger charge is 2.37. The molecule has 4 heteroatoms. The number of hydrogen-bond donors (Lipinski definition) is 1. The number of nitrogens with zero attached hydrogens (tertiary/aromatic N) is 1. The first-order valence-electron chi connectivity index (χ1n) is 6.98. The van der Waals surface area contributed by atoms with E-state index in [1.54, 1.807) is 0 Å². The number of piperidine rings is 1. The first kappa shape index (κ1) is 13.5. The van der Waals surface area contributed by atoms with Crippen molar-refractivity contribution in [3.8, 4) is 0 Å². The van der Waals surface area contributed by atoms with Crippen LogP contribution < -0.4 is 5.73 Å². The van der Waals surface area contributed by atoms with E-state index in [0.717, 1.165) is 19.3 Å². The lowest BCUT2D eigenvalue weighted by molar-refractivity contribution is -0.152. The molecule has 102 valence electrons. The van der Waals surface area contributed by atoms with Gasteiger partial charge >= 0.3 is 0 Å². The molecule has 1 aliphatic carbocycles. The zero-order valence-electron chi connectivity index (χ0n) is 11.4. The summed E-state index contributed by atoms with van der Waals surface area (Å²) in [4.78, 5) is 25.4. The molecule has 1 heterocycles. The molecule has 2 fully saturated rings. The van der Waals surface area contributed by atoms with E-state index in [0.29, 0.717) is 25.3 Å². The second kappa shape index (κ2) is 5.00. The van der Waals surface area contributed by atoms with Crippen LogP contribution in [0.3, 0.4) is 0 Å². The maximum atomic E-state index is 12.0. The topological polar surface area (TPSA) is 63.4 Å². The van der Waals surface area contributed by atoms with Crippen molar-refractivity contribution in [1.82, 2.24) is 4.90 Å². The first-order chi connectivity index (χ1) is 8.39. The Kier molecular flexibility index (Phi) is 3.76. The van der Waals surface area contributed by atoms with Gasteiger partial charge in [0, 0.05) is 25.4 Å². The molecule has 2 unspecified atom stereocenters. The van der Waals surface area contributed by atoms with E-state index in [9.17, 15) is 9.59 Å². The van der Waals surface area contributed by atoms with Crippen molar-refractivity contribution in [2.45, 2.75) is 58.4 Å². The zero-order valence-corrected chi connectivity index (χ0v) is 11.4. The molecule has 0 aromatic heterocycles. The van der Waals surface area contributed by atoms with Crippen LogP contribution in [0.5, 0.6) is 0 Å². The minimum absolute atomic E-state index is 0.0113. The molecule has 2 aliphatic rings. The second-order valence-corrected chi connectivity index (χ2v) is 6.60. The minimum atomic E-state index is -0.172. The molecular weight excluding hydrogens is 228 g/mol. The molecular formula is C14H24N2O2. The molecule has 1 saturated carbocycles. The molecule has 1 aliphatic heterocycles. The predicted octanol–water partition coefficient (Wildman–Crippen LogP) is 1.68. The average Bonchev–Trinajstić information content (AvgIpc) is 2.61. The molecule has 2 rings (SSSR count). The summed E-state index contributed by atoms with van der Waals surface area (Å²) in [6.45, 7) is 4.52. The quantitative estimate of drug-likeness (QED) is 0.777. The van der Waals surface area contributed by atoms with Crippen LogP contribution in [0, 0.1) is 11.3 Å². The van der Waals surface area contributed by atoms with Gasteiger partial charge in [-0.25, -0.2) is 0 Å². The normalized spacial score (nSPS) is 32.1. The van der Waals surface area contributed by atoms with E-state index >= 15 is 0 Å². The summed E-state index contributed by atoms with van der Waals surface area (Å²) in [6, 6.07) is 0.261. The Morgan fingerprint density at radius 1 is 1.22 bits per heavy atom. The molecule has 2 N–H and O–H groups in total. The summed E-state index contributed by atoms with van der Waals surface area (Å²) < 4.78 is 0. The van der Waals surface area contributed by atoms with Crippen molar-refractivity contribution in [2.75, 3.05) is 6.54 Å². The van der Waals surface area contributed by atoms with Crippen molar-refractivity contribution < 1.29 is 9.59 Å². The van der Waals surface area contributed by atoms with Gasteiger partial charge in [-0.05, 0) is 30.6 Å². The van der Waals surface area contributed by atoms with Crippen molar-refractivity contribution in [1.29, 1.82) is 0 Å². The Labute approximate surface area is 109 Å². The van der Waals surface area contributed by atoms with Crippen LogP contribution in [0.2, 0.25) is 0 Å². The number of carbonyl (C=O) groups excluding carboxylic acids is 2. The average molecular weight is 252 g/mol. The van der Waals surface area contributed by atoms with E-state index in [1.807, 2.05) is 13.8 Å². The van der Waals surface area contributed by atoms with Gasteiger partial charge in [0.25, 0.3) is 0 Å². The molecule has 0 aromatic rings. The number of likely N-dealkylation sites (tertiary alicyclic amines) is 1. The summed E-state index contributed by atoms with van der Waals surface area (Å²) in [7, 11) is 0. The summed E-state index contributed by atoms with van der Waals surface area (Å²) in [5.74, 6) is 0.464. The van der Waals surface area contributed by atoms with Crippen LogP contribution in [0.1, 0.15) is 52.4 Å². The smallest absolute Gasteiger partial charge is 0.229 e. The van der Waals surface area contributed by atoms with Crippen LogP contribution in [0.15, 0.2) is 0 Å². The Bertz CT molecular complexity index is 332. The SMILES string of the molecule is CC1(C)CC(=O)N(CCC2CCCC2N)C(=O)C1. The highest BCUT2D eigenvalue weighted by Crippen LogP contribution is 2.33. The van der Waals surface area contributed by atoms with Crippen molar-refractivity contribution >= 4 is 11.8 Å². The Balaban J connectivity index is 1.89. The third kappa shape index (κ3) is 2.91. The van der Waals surface area contributed by atoms with Gasteiger partial charge in [-0.1, -0.05) is 20.3 Å². The highest BCUT2D eigenvalue weighted by atomic mass is 16.2. The lowest BCUT2D eigenvalue weighted by Gasteiger charge is -2.35. The fourth-order valence-electron chi connectivity index (χ4n) is 3.18. The van der Waals surface area contributed by atoms with E-state index < -0.39 is 0 Å². The van der Waals surface area contributed by atoms with Crippen molar-refractivity contribution in [3.63, 3.8) is 0 Å². The molecule has 0 radical (unpaired) electrons. The fraction of sp³-hybridized carbons (Fsp3) is 0.857. The van der Waals surface area contributed by atoms with Gasteiger partial charge in [0.2, 0.25) is 11.8 Å². The number of nitrogens with two attached hydrogens (primary N) is 1. The summed E-state index contributed by atoms with van der Waals surface area (Å²) >= 11 is 0. The highest BCUT2D eigenvalue weighted by molar-refractivity contribution is 5.98. The lowest BCUT2D eigenvalue weighted by atomic mass is 9.81. The van der Waals surface area contributed by atoms with Gasteiger partial charge in [-0.3, -0.25) is 14.5 Å². The Morgan fingerprint density at radius 2 is 1.83 bits per heavy atom. The lowest BCUT2D eigenvalue weighted by Crippen LogP contribution is -2.47. The maximum Gasteiger partial charge on any atom is 0.229 e. The second-order valence-electron chi connectivity index (χ2n) is 6.60. The number of hydrogen-bond acceptors (Lipinski definition) is 3. The van der Waals surface area contributed by atoms with Crippen molar-refractivity contribution in [2.24, 2.45) is 17.1 Å². The maximum absolute atomic E-state index is 12.0. The molecule has 18 heavy (non-hydrogen) atoms. The number of imide groups is 1. The van der Waals surface area contributed by atoms with Crippen LogP contribution in [-0.2, 0) is 9.59 Å². The number of carbonyl (C=O) groups is 2. The van der Waals surface area contributed by atoms with Gasteiger partial charge in [-0.2, -0.15) is 0 Å². The van der Waals surface area contributed by atoms with Crippen molar-refractivity contribution in [3.05, 3.63) is 0 Å². The van der Waals surface area contributed by atoms with Crippen LogP contribution >= 0.6 is 0 Å². The summed E-state index contributed by atoms with van der Waals surface area (Å²) in [5, 5.41) is 0. The van der Waals surface area contributed by atoms with E-state index in [1.165, 1.54) is 11.3 Å². The largest absolute Gasteiger partial charge is 0.327 e. The van der Waals surface area contributed by atoms with Gasteiger partial charge < -0.3 is 5.73 Å². The van der Waals surface area contributed by atoms with Crippen LogP contribution in [0.25, 0.3) is 0 Å². The standard InChI is InChI=1S/C14H24N2O2/c1-14(2)8-12(17)16(13(18)9-14)7-6-10-4-3-5-11(10)15/h10-11H,3-9,15H2,1-2H3. The molecule has 4 nitrogen and oxygen atoms in total. The van der Waals surface area contributed by atoms with E-state index in [2.05, 4.69) is 0 Å².